The normalized spacial score (nSPS) is 11.2. The molecule has 2 aromatic carbocycles. The predicted octanol–water partition coefficient (Wildman–Crippen LogP) is 2.86. The molecule has 0 radical (unpaired) electrons. The Balaban J connectivity index is 2.40. The Labute approximate surface area is 148 Å². The molecule has 0 aliphatic heterocycles. The second kappa shape index (κ2) is 7.67. The van der Waals surface area contributed by atoms with Crippen molar-refractivity contribution >= 4 is 21.6 Å². The van der Waals surface area contributed by atoms with Crippen LogP contribution in [0.3, 0.4) is 0 Å². The number of anilines is 1. The predicted molar refractivity (Wildman–Crippen MR) is 97.7 cm³/mol. The number of carbonyl (C=O) groups is 1. The van der Waals surface area contributed by atoms with Crippen LogP contribution in [0.2, 0.25) is 0 Å². The average molecular weight is 362 g/mol. The van der Waals surface area contributed by atoms with Crippen molar-refractivity contribution in [2.24, 2.45) is 0 Å². The third kappa shape index (κ3) is 4.58. The summed E-state index contributed by atoms with van der Waals surface area (Å²) in [5.74, 6) is -0.132. The van der Waals surface area contributed by atoms with Gasteiger partial charge >= 0.3 is 0 Å². The van der Waals surface area contributed by atoms with Gasteiger partial charge < -0.3 is 10.1 Å². The van der Waals surface area contributed by atoms with Gasteiger partial charge in [-0.05, 0) is 55.3 Å². The summed E-state index contributed by atoms with van der Waals surface area (Å²) in [5, 5.41) is 2.79. The van der Waals surface area contributed by atoms with Crippen LogP contribution in [-0.4, -0.2) is 28.0 Å². The van der Waals surface area contributed by atoms with Gasteiger partial charge in [-0.1, -0.05) is 13.0 Å². The first-order valence-corrected chi connectivity index (χ1v) is 9.32. The molecule has 0 bridgehead atoms. The first kappa shape index (κ1) is 19.0. The van der Waals surface area contributed by atoms with Gasteiger partial charge in [0.05, 0.1) is 17.6 Å². The standard InChI is InChI=1S/C18H22N2O4S/c1-5-19-25(22,23)15-6-7-17(24-4)16(11-15)18(21)20-14-9-12(2)8-13(3)10-14/h6-11,19H,5H2,1-4H3,(H,20,21). The van der Waals surface area contributed by atoms with E-state index in [1.165, 1.54) is 25.3 Å². The molecule has 0 aliphatic rings. The van der Waals surface area contributed by atoms with Crippen molar-refractivity contribution in [3.8, 4) is 5.75 Å². The molecule has 2 N–H and O–H groups in total. The molecule has 6 nitrogen and oxygen atoms in total. The fourth-order valence-electron chi connectivity index (χ4n) is 2.55. The van der Waals surface area contributed by atoms with Crippen LogP contribution in [0.15, 0.2) is 41.3 Å². The summed E-state index contributed by atoms with van der Waals surface area (Å²) in [6, 6.07) is 9.88. The summed E-state index contributed by atoms with van der Waals surface area (Å²) in [6.07, 6.45) is 0. The maximum Gasteiger partial charge on any atom is 0.259 e. The van der Waals surface area contributed by atoms with Gasteiger partial charge in [0.2, 0.25) is 10.0 Å². The van der Waals surface area contributed by atoms with Gasteiger partial charge in [0.1, 0.15) is 5.75 Å². The molecular formula is C18H22N2O4S. The molecule has 1 amide bonds. The highest BCUT2D eigenvalue weighted by Crippen LogP contribution is 2.24. The zero-order valence-electron chi connectivity index (χ0n) is 14.7. The number of sulfonamides is 1. The van der Waals surface area contributed by atoms with Crippen LogP contribution in [0.4, 0.5) is 5.69 Å². The Morgan fingerprint density at radius 3 is 2.28 bits per heavy atom. The molecule has 134 valence electrons. The smallest absolute Gasteiger partial charge is 0.259 e. The van der Waals surface area contributed by atoms with Crippen molar-refractivity contribution in [3.63, 3.8) is 0 Å². The van der Waals surface area contributed by atoms with Crippen molar-refractivity contribution < 1.29 is 17.9 Å². The fraction of sp³-hybridized carbons (Fsp3) is 0.278. The molecule has 0 fully saturated rings. The second-order valence-corrected chi connectivity index (χ2v) is 7.46. The van der Waals surface area contributed by atoms with Gasteiger partial charge in [-0.15, -0.1) is 0 Å². The molecular weight excluding hydrogens is 340 g/mol. The number of ether oxygens (including phenoxy) is 1. The zero-order chi connectivity index (χ0) is 18.6. The Morgan fingerprint density at radius 2 is 1.72 bits per heavy atom. The van der Waals surface area contributed by atoms with Crippen LogP contribution >= 0.6 is 0 Å². The second-order valence-electron chi connectivity index (χ2n) is 5.69. The molecule has 0 atom stereocenters. The lowest BCUT2D eigenvalue weighted by molar-refractivity contribution is 0.102. The maximum absolute atomic E-state index is 12.6. The molecule has 0 spiro atoms. The van der Waals surface area contributed by atoms with E-state index in [0.29, 0.717) is 11.4 Å². The first-order valence-electron chi connectivity index (χ1n) is 7.84. The van der Waals surface area contributed by atoms with Crippen LogP contribution in [-0.2, 0) is 10.0 Å². The summed E-state index contributed by atoms with van der Waals surface area (Å²) in [5.41, 5.74) is 2.83. The average Bonchev–Trinajstić information content (AvgIpc) is 2.53. The van der Waals surface area contributed by atoms with E-state index in [0.717, 1.165) is 11.1 Å². The highest BCUT2D eigenvalue weighted by molar-refractivity contribution is 7.89. The molecule has 2 aromatic rings. The number of methoxy groups -OCH3 is 1. The van der Waals surface area contributed by atoms with Gasteiger partial charge in [0.25, 0.3) is 5.91 Å². The molecule has 0 unspecified atom stereocenters. The van der Waals surface area contributed by atoms with E-state index in [1.807, 2.05) is 32.0 Å². The molecule has 7 heteroatoms. The monoisotopic (exact) mass is 362 g/mol. The van der Waals surface area contributed by atoms with Crippen LogP contribution in [0.25, 0.3) is 0 Å². The number of amides is 1. The van der Waals surface area contributed by atoms with Gasteiger partial charge in [-0.2, -0.15) is 0 Å². The number of hydrogen-bond donors (Lipinski definition) is 2. The van der Waals surface area contributed by atoms with E-state index in [-0.39, 0.29) is 17.0 Å². The maximum atomic E-state index is 12.6. The SMILES string of the molecule is CCNS(=O)(=O)c1ccc(OC)c(C(=O)Nc2cc(C)cc(C)c2)c1. The van der Waals surface area contributed by atoms with Crippen molar-refractivity contribution in [2.75, 3.05) is 19.0 Å². The summed E-state index contributed by atoms with van der Waals surface area (Å²) >= 11 is 0. The highest BCUT2D eigenvalue weighted by Gasteiger charge is 2.19. The Morgan fingerprint density at radius 1 is 1.08 bits per heavy atom. The summed E-state index contributed by atoms with van der Waals surface area (Å²) in [6.45, 7) is 5.83. The van der Waals surface area contributed by atoms with E-state index < -0.39 is 15.9 Å². The summed E-state index contributed by atoms with van der Waals surface area (Å²) < 4.78 is 32.0. The molecule has 0 aromatic heterocycles. The molecule has 0 aliphatic carbocycles. The van der Waals surface area contributed by atoms with E-state index in [9.17, 15) is 13.2 Å². The van der Waals surface area contributed by atoms with Crippen molar-refractivity contribution in [2.45, 2.75) is 25.7 Å². The minimum Gasteiger partial charge on any atom is -0.496 e. The Kier molecular flexibility index (Phi) is 5.81. The van der Waals surface area contributed by atoms with Crippen LogP contribution < -0.4 is 14.8 Å². The highest BCUT2D eigenvalue weighted by atomic mass is 32.2. The van der Waals surface area contributed by atoms with Crippen LogP contribution in [0.1, 0.15) is 28.4 Å². The Hall–Kier alpha value is -2.38. The van der Waals surface area contributed by atoms with E-state index in [2.05, 4.69) is 10.0 Å². The minimum absolute atomic E-state index is 0.0146. The quantitative estimate of drug-likeness (QED) is 0.827. The van der Waals surface area contributed by atoms with Crippen molar-refractivity contribution in [1.29, 1.82) is 0 Å². The van der Waals surface area contributed by atoms with E-state index >= 15 is 0 Å². The van der Waals surface area contributed by atoms with Gasteiger partial charge in [-0.3, -0.25) is 4.79 Å². The van der Waals surface area contributed by atoms with Crippen LogP contribution in [0, 0.1) is 13.8 Å². The third-order valence-electron chi connectivity index (χ3n) is 3.54. The molecule has 0 saturated heterocycles. The lowest BCUT2D eigenvalue weighted by Gasteiger charge is -2.12. The summed E-state index contributed by atoms with van der Waals surface area (Å²) in [4.78, 5) is 12.7. The van der Waals surface area contributed by atoms with E-state index in [4.69, 9.17) is 4.74 Å². The zero-order valence-corrected chi connectivity index (χ0v) is 15.5. The summed E-state index contributed by atoms with van der Waals surface area (Å²) in [7, 11) is -2.23. The number of benzene rings is 2. The van der Waals surface area contributed by atoms with E-state index in [1.54, 1.807) is 6.92 Å². The van der Waals surface area contributed by atoms with Gasteiger partial charge in [-0.25, -0.2) is 13.1 Å². The minimum atomic E-state index is -3.66. The first-order chi connectivity index (χ1) is 11.8. The van der Waals surface area contributed by atoms with Gasteiger partial charge in [0.15, 0.2) is 0 Å². The number of rotatable bonds is 6. The molecule has 2 rings (SSSR count). The largest absolute Gasteiger partial charge is 0.496 e. The molecule has 0 heterocycles. The third-order valence-corrected chi connectivity index (χ3v) is 5.08. The van der Waals surface area contributed by atoms with Gasteiger partial charge in [0, 0.05) is 12.2 Å². The molecule has 0 saturated carbocycles. The molecule has 25 heavy (non-hydrogen) atoms. The lowest BCUT2D eigenvalue weighted by atomic mass is 10.1. The number of carbonyl (C=O) groups excluding carboxylic acids is 1. The number of hydrogen-bond acceptors (Lipinski definition) is 4. The lowest BCUT2D eigenvalue weighted by Crippen LogP contribution is -2.24. The topological polar surface area (TPSA) is 84.5 Å². The van der Waals surface area contributed by atoms with Crippen molar-refractivity contribution in [1.82, 2.24) is 4.72 Å². The fourth-order valence-corrected chi connectivity index (χ4v) is 3.62. The Bertz CT molecular complexity index is 872. The van der Waals surface area contributed by atoms with Crippen LogP contribution in [0.5, 0.6) is 5.75 Å². The number of aryl methyl sites for hydroxylation is 2. The number of nitrogens with one attached hydrogen (secondary N) is 2. The van der Waals surface area contributed by atoms with Crippen molar-refractivity contribution in [3.05, 3.63) is 53.1 Å².